The third-order valence-electron chi connectivity index (χ3n) is 6.08. The Morgan fingerprint density at radius 3 is 2.39 bits per heavy atom. The van der Waals surface area contributed by atoms with Crippen molar-refractivity contribution >= 4 is 29.1 Å². The first-order valence-electron chi connectivity index (χ1n) is 12.5. The van der Waals surface area contributed by atoms with Gasteiger partial charge in [-0.2, -0.15) is 0 Å². The Morgan fingerprint density at radius 1 is 1.08 bits per heavy atom. The van der Waals surface area contributed by atoms with Crippen LogP contribution < -0.4 is 9.64 Å². The van der Waals surface area contributed by atoms with Crippen LogP contribution in [-0.4, -0.2) is 40.5 Å². The van der Waals surface area contributed by atoms with Crippen LogP contribution in [0.4, 0.5) is 5.69 Å². The lowest BCUT2D eigenvalue weighted by atomic mass is 9.95. The second-order valence-corrected chi connectivity index (χ2v) is 9.29. The van der Waals surface area contributed by atoms with E-state index in [0.29, 0.717) is 34.7 Å². The van der Waals surface area contributed by atoms with Gasteiger partial charge in [0, 0.05) is 23.6 Å². The molecule has 1 amide bonds. The Balaban J connectivity index is 1.79. The lowest BCUT2D eigenvalue weighted by Gasteiger charge is -2.25. The third-order valence-corrected chi connectivity index (χ3v) is 6.08. The quantitative estimate of drug-likeness (QED) is 0.186. The fourth-order valence-corrected chi connectivity index (χ4v) is 4.32. The Hall–Kier alpha value is -4.46. The van der Waals surface area contributed by atoms with Crippen molar-refractivity contribution in [3.63, 3.8) is 0 Å². The summed E-state index contributed by atoms with van der Waals surface area (Å²) in [6, 6.07) is 13.9. The highest BCUT2D eigenvalue weighted by Gasteiger charge is 2.47. The van der Waals surface area contributed by atoms with Crippen LogP contribution in [-0.2, 0) is 14.3 Å². The van der Waals surface area contributed by atoms with E-state index in [-0.39, 0.29) is 17.4 Å². The first kappa shape index (κ1) is 26.6. The van der Waals surface area contributed by atoms with Gasteiger partial charge in [-0.25, -0.2) is 4.79 Å². The molecule has 1 N–H and O–H groups in total. The summed E-state index contributed by atoms with van der Waals surface area (Å²) in [5, 5.41) is 11.4. The molecule has 1 unspecified atom stereocenters. The van der Waals surface area contributed by atoms with Crippen LogP contribution in [0.1, 0.15) is 60.3 Å². The van der Waals surface area contributed by atoms with Crippen LogP contribution >= 0.6 is 0 Å². The van der Waals surface area contributed by atoms with E-state index in [9.17, 15) is 19.5 Å². The maximum absolute atomic E-state index is 13.3. The van der Waals surface area contributed by atoms with Crippen molar-refractivity contribution in [3.8, 4) is 5.75 Å². The molecule has 38 heavy (non-hydrogen) atoms. The topological polar surface area (TPSA) is 106 Å². The van der Waals surface area contributed by atoms with E-state index < -0.39 is 23.7 Å². The summed E-state index contributed by atoms with van der Waals surface area (Å²) >= 11 is 0. The number of anilines is 1. The molecule has 8 heteroatoms. The number of aliphatic hydroxyl groups is 1. The van der Waals surface area contributed by atoms with Crippen molar-refractivity contribution in [1.82, 2.24) is 4.98 Å². The zero-order valence-electron chi connectivity index (χ0n) is 21.8. The van der Waals surface area contributed by atoms with Crippen LogP contribution in [0.3, 0.4) is 0 Å². The molecule has 1 aliphatic rings. The zero-order valence-corrected chi connectivity index (χ0v) is 21.8. The fourth-order valence-electron chi connectivity index (χ4n) is 4.32. The average Bonchev–Trinajstić information content (AvgIpc) is 3.17. The molecule has 0 radical (unpaired) electrons. The highest BCUT2D eigenvalue weighted by atomic mass is 16.5. The molecule has 8 nitrogen and oxygen atoms in total. The second kappa shape index (κ2) is 11.3. The maximum atomic E-state index is 13.3. The van der Waals surface area contributed by atoms with Gasteiger partial charge >= 0.3 is 5.97 Å². The number of esters is 1. The van der Waals surface area contributed by atoms with Gasteiger partial charge < -0.3 is 14.6 Å². The molecule has 1 fully saturated rings. The molecule has 1 aromatic heterocycles. The van der Waals surface area contributed by atoms with Gasteiger partial charge in [-0.3, -0.25) is 19.5 Å². The summed E-state index contributed by atoms with van der Waals surface area (Å²) in [6.45, 7) is 7.94. The summed E-state index contributed by atoms with van der Waals surface area (Å²) in [6.07, 6.45) is 3.72. The molecule has 0 aliphatic carbocycles. The monoisotopic (exact) mass is 514 g/mol. The molecule has 4 rings (SSSR count). The number of amides is 1. The highest BCUT2D eigenvalue weighted by molar-refractivity contribution is 6.51. The lowest BCUT2D eigenvalue weighted by Crippen LogP contribution is -2.29. The number of carbonyl (C=O) groups excluding carboxylic acids is 3. The molecule has 2 aromatic carbocycles. The highest BCUT2D eigenvalue weighted by Crippen LogP contribution is 2.42. The average molecular weight is 515 g/mol. The van der Waals surface area contributed by atoms with E-state index >= 15 is 0 Å². The van der Waals surface area contributed by atoms with Gasteiger partial charge in [-0.15, -0.1) is 0 Å². The molecule has 1 saturated heterocycles. The number of Topliss-reactive ketones (excluding diaryl/α,β-unsaturated/α-hetero) is 1. The number of carbonyl (C=O) groups is 3. The minimum atomic E-state index is -0.923. The number of aliphatic hydroxyl groups excluding tert-OH is 1. The van der Waals surface area contributed by atoms with Gasteiger partial charge in [0.2, 0.25) is 0 Å². The van der Waals surface area contributed by atoms with Gasteiger partial charge in [-0.05, 0) is 86.8 Å². The molecule has 1 aliphatic heterocycles. The largest absolute Gasteiger partial charge is 0.507 e. The minimum absolute atomic E-state index is 0.0482. The van der Waals surface area contributed by atoms with Gasteiger partial charge in [0.15, 0.2) is 0 Å². The summed E-state index contributed by atoms with van der Waals surface area (Å²) < 4.78 is 11.0. The van der Waals surface area contributed by atoms with E-state index in [2.05, 4.69) is 4.98 Å². The van der Waals surface area contributed by atoms with Crippen LogP contribution in [0.25, 0.3) is 5.76 Å². The Bertz CT molecular complexity index is 1380. The number of benzene rings is 2. The predicted octanol–water partition coefficient (Wildman–Crippen LogP) is 5.37. The van der Waals surface area contributed by atoms with Gasteiger partial charge in [0.25, 0.3) is 11.7 Å². The smallest absolute Gasteiger partial charge is 0.338 e. The predicted molar refractivity (Wildman–Crippen MR) is 143 cm³/mol. The van der Waals surface area contributed by atoms with E-state index in [1.807, 2.05) is 13.8 Å². The van der Waals surface area contributed by atoms with Gasteiger partial charge in [0.1, 0.15) is 11.5 Å². The first-order valence-corrected chi connectivity index (χ1v) is 12.5. The molecule has 196 valence electrons. The number of rotatable bonds is 8. The summed E-state index contributed by atoms with van der Waals surface area (Å²) in [7, 11) is 0. The van der Waals surface area contributed by atoms with Crippen molar-refractivity contribution in [2.24, 2.45) is 0 Å². The standard InChI is InChI=1S/C30H30N2O6/c1-5-15-37-24-13-10-21(16-19(24)4)27(33)25-26(22-7-6-14-31-17-22)32(29(35)28(25)34)23-11-8-20(9-12-23)30(36)38-18(2)3/h6-14,16-18,26,33H,5,15H2,1-4H3/b27-25-. The number of ether oxygens (including phenoxy) is 2. The second-order valence-electron chi connectivity index (χ2n) is 9.29. The van der Waals surface area contributed by atoms with Crippen molar-refractivity contribution in [1.29, 1.82) is 0 Å². The molecule has 0 spiro atoms. The van der Waals surface area contributed by atoms with E-state index in [4.69, 9.17) is 9.47 Å². The van der Waals surface area contributed by atoms with E-state index in [1.54, 1.807) is 68.7 Å². The van der Waals surface area contributed by atoms with E-state index in [1.165, 1.54) is 17.0 Å². The number of hydrogen-bond acceptors (Lipinski definition) is 7. The van der Waals surface area contributed by atoms with Crippen LogP contribution in [0.15, 0.2) is 72.6 Å². The van der Waals surface area contributed by atoms with Crippen molar-refractivity contribution in [2.45, 2.75) is 46.3 Å². The van der Waals surface area contributed by atoms with Crippen LogP contribution in [0.5, 0.6) is 5.75 Å². The molecule has 1 atom stereocenters. The Kier molecular flexibility index (Phi) is 7.90. The summed E-state index contributed by atoms with van der Waals surface area (Å²) in [4.78, 5) is 44.4. The molecule has 2 heterocycles. The lowest BCUT2D eigenvalue weighted by molar-refractivity contribution is -0.132. The molecule has 0 bridgehead atoms. The number of ketones is 1. The normalized spacial score (nSPS) is 16.7. The first-order chi connectivity index (χ1) is 18.2. The Labute approximate surface area is 221 Å². The van der Waals surface area contributed by atoms with Gasteiger partial charge in [-0.1, -0.05) is 13.0 Å². The molecular weight excluding hydrogens is 484 g/mol. The summed E-state index contributed by atoms with van der Waals surface area (Å²) in [5.74, 6) is -1.70. The number of aromatic nitrogens is 1. The zero-order chi connectivity index (χ0) is 27.4. The molecule has 3 aromatic rings. The minimum Gasteiger partial charge on any atom is -0.507 e. The number of nitrogens with zero attached hydrogens (tertiary/aromatic N) is 2. The van der Waals surface area contributed by atoms with Crippen molar-refractivity contribution < 1.29 is 29.0 Å². The number of aryl methyl sites for hydroxylation is 1. The SMILES string of the molecule is CCCOc1ccc(/C(O)=C2/C(=O)C(=O)N(c3ccc(C(=O)OC(C)C)cc3)C2c2cccnc2)cc1C. The molecule has 0 saturated carbocycles. The van der Waals surface area contributed by atoms with Crippen molar-refractivity contribution in [2.75, 3.05) is 11.5 Å². The number of hydrogen-bond donors (Lipinski definition) is 1. The third kappa shape index (κ3) is 5.29. The fraction of sp³-hybridized carbons (Fsp3) is 0.267. The van der Waals surface area contributed by atoms with Crippen LogP contribution in [0.2, 0.25) is 0 Å². The Morgan fingerprint density at radius 2 is 1.79 bits per heavy atom. The van der Waals surface area contributed by atoms with Crippen molar-refractivity contribution in [3.05, 3.63) is 94.8 Å². The molecular formula is C30H30N2O6. The maximum Gasteiger partial charge on any atom is 0.338 e. The summed E-state index contributed by atoms with van der Waals surface area (Å²) in [5.41, 5.74) is 2.39. The van der Waals surface area contributed by atoms with E-state index in [0.717, 1.165) is 12.0 Å². The van der Waals surface area contributed by atoms with Gasteiger partial charge in [0.05, 0.1) is 29.9 Å². The number of pyridine rings is 1. The van der Waals surface area contributed by atoms with Crippen LogP contribution in [0, 0.1) is 6.92 Å².